The van der Waals surface area contributed by atoms with Gasteiger partial charge in [-0.2, -0.15) is 0 Å². The summed E-state index contributed by atoms with van der Waals surface area (Å²) in [5.74, 6) is -0.310. The van der Waals surface area contributed by atoms with Crippen LogP contribution in [0, 0.1) is 0 Å². The van der Waals surface area contributed by atoms with Gasteiger partial charge in [0.25, 0.3) is 0 Å². The SMILES string of the molecule is COC(=O)[C@H](Cc1ccccc1)n1cccc1CO. The second kappa shape index (κ2) is 6.20. The van der Waals surface area contributed by atoms with E-state index in [0.717, 1.165) is 5.56 Å². The topological polar surface area (TPSA) is 51.5 Å². The molecular formula is C15H17NO3. The first-order chi connectivity index (χ1) is 9.26. The molecule has 0 saturated heterocycles. The number of benzene rings is 1. The average molecular weight is 259 g/mol. The van der Waals surface area contributed by atoms with E-state index in [9.17, 15) is 9.90 Å². The molecule has 4 nitrogen and oxygen atoms in total. The summed E-state index contributed by atoms with van der Waals surface area (Å²) in [7, 11) is 1.38. The van der Waals surface area contributed by atoms with Gasteiger partial charge in [-0.25, -0.2) is 4.79 Å². The van der Waals surface area contributed by atoms with Gasteiger partial charge in [-0.15, -0.1) is 0 Å². The van der Waals surface area contributed by atoms with Crippen molar-refractivity contribution in [3.05, 3.63) is 59.9 Å². The highest BCUT2D eigenvalue weighted by Gasteiger charge is 2.22. The van der Waals surface area contributed by atoms with Gasteiger partial charge in [0.15, 0.2) is 0 Å². The largest absolute Gasteiger partial charge is 0.467 e. The Labute approximate surface area is 112 Å². The zero-order valence-electron chi connectivity index (χ0n) is 10.8. The molecule has 0 unspecified atom stereocenters. The number of ether oxygens (including phenoxy) is 1. The van der Waals surface area contributed by atoms with E-state index in [4.69, 9.17) is 4.74 Å². The number of esters is 1. The Kier molecular flexibility index (Phi) is 4.36. The quantitative estimate of drug-likeness (QED) is 0.835. The highest BCUT2D eigenvalue weighted by Crippen LogP contribution is 2.19. The molecule has 1 heterocycles. The normalized spacial score (nSPS) is 12.1. The van der Waals surface area contributed by atoms with E-state index in [-0.39, 0.29) is 12.6 Å². The Balaban J connectivity index is 2.29. The predicted molar refractivity (Wildman–Crippen MR) is 71.6 cm³/mol. The number of methoxy groups -OCH3 is 1. The fourth-order valence-electron chi connectivity index (χ4n) is 2.14. The fraction of sp³-hybridized carbons (Fsp3) is 0.267. The molecule has 1 aromatic heterocycles. The number of hydrogen-bond donors (Lipinski definition) is 1. The van der Waals surface area contributed by atoms with Crippen molar-refractivity contribution in [2.45, 2.75) is 19.1 Å². The molecule has 0 saturated carbocycles. The van der Waals surface area contributed by atoms with Gasteiger partial charge in [-0.05, 0) is 17.7 Å². The maximum atomic E-state index is 12.0. The molecular weight excluding hydrogens is 242 g/mol. The van der Waals surface area contributed by atoms with Gasteiger partial charge in [0.1, 0.15) is 6.04 Å². The van der Waals surface area contributed by atoms with Crippen LogP contribution in [0.5, 0.6) is 0 Å². The van der Waals surface area contributed by atoms with Crippen molar-refractivity contribution in [1.29, 1.82) is 0 Å². The number of aliphatic hydroxyl groups excluding tert-OH is 1. The van der Waals surface area contributed by atoms with Gasteiger partial charge in [0.2, 0.25) is 0 Å². The summed E-state index contributed by atoms with van der Waals surface area (Å²) in [6.07, 6.45) is 2.32. The van der Waals surface area contributed by atoms with Crippen molar-refractivity contribution in [3.63, 3.8) is 0 Å². The third kappa shape index (κ3) is 3.03. The van der Waals surface area contributed by atoms with Gasteiger partial charge in [-0.1, -0.05) is 30.3 Å². The number of aliphatic hydroxyl groups is 1. The van der Waals surface area contributed by atoms with Crippen molar-refractivity contribution >= 4 is 5.97 Å². The molecule has 0 radical (unpaired) electrons. The molecule has 0 aliphatic heterocycles. The Bertz CT molecular complexity index is 533. The van der Waals surface area contributed by atoms with Crippen LogP contribution in [-0.2, 0) is 22.6 Å². The van der Waals surface area contributed by atoms with Gasteiger partial charge in [0, 0.05) is 18.3 Å². The van der Waals surface area contributed by atoms with Crippen molar-refractivity contribution in [2.24, 2.45) is 0 Å². The maximum absolute atomic E-state index is 12.0. The molecule has 2 aromatic rings. The highest BCUT2D eigenvalue weighted by molar-refractivity contribution is 5.74. The standard InChI is InChI=1S/C15H17NO3/c1-19-15(18)14(10-12-6-3-2-4-7-12)16-9-5-8-13(16)11-17/h2-9,14,17H,10-11H2,1H3/t14-/m0/s1. The molecule has 1 N–H and O–H groups in total. The van der Waals surface area contributed by atoms with Gasteiger partial charge in [0.05, 0.1) is 13.7 Å². The summed E-state index contributed by atoms with van der Waals surface area (Å²) in [6.45, 7) is -0.102. The van der Waals surface area contributed by atoms with Crippen molar-refractivity contribution in [3.8, 4) is 0 Å². The molecule has 4 heteroatoms. The van der Waals surface area contributed by atoms with Crippen LogP contribution in [0.4, 0.5) is 0 Å². The molecule has 0 bridgehead atoms. The first kappa shape index (κ1) is 13.4. The summed E-state index contributed by atoms with van der Waals surface area (Å²) in [5, 5.41) is 9.30. The van der Waals surface area contributed by atoms with Crippen molar-refractivity contribution < 1.29 is 14.6 Å². The van der Waals surface area contributed by atoms with Gasteiger partial charge in [-0.3, -0.25) is 0 Å². The van der Waals surface area contributed by atoms with Crippen LogP contribution >= 0.6 is 0 Å². The molecule has 0 amide bonds. The first-order valence-corrected chi connectivity index (χ1v) is 6.14. The Morgan fingerprint density at radius 2 is 2.00 bits per heavy atom. The van der Waals surface area contributed by atoms with Crippen LogP contribution in [0.1, 0.15) is 17.3 Å². The van der Waals surface area contributed by atoms with Gasteiger partial charge >= 0.3 is 5.97 Å². The Morgan fingerprint density at radius 3 is 2.63 bits per heavy atom. The minimum atomic E-state index is -0.454. The van der Waals surface area contributed by atoms with Crippen molar-refractivity contribution in [1.82, 2.24) is 4.57 Å². The first-order valence-electron chi connectivity index (χ1n) is 6.14. The Hall–Kier alpha value is -2.07. The molecule has 100 valence electrons. The molecule has 19 heavy (non-hydrogen) atoms. The van der Waals surface area contributed by atoms with E-state index in [1.165, 1.54) is 7.11 Å². The highest BCUT2D eigenvalue weighted by atomic mass is 16.5. The monoisotopic (exact) mass is 259 g/mol. The van der Waals surface area contributed by atoms with Crippen LogP contribution in [-0.4, -0.2) is 22.8 Å². The molecule has 0 spiro atoms. The molecule has 0 aliphatic carbocycles. The van der Waals surface area contributed by atoms with Crippen LogP contribution < -0.4 is 0 Å². The lowest BCUT2D eigenvalue weighted by Gasteiger charge is -2.19. The third-order valence-electron chi connectivity index (χ3n) is 3.11. The zero-order chi connectivity index (χ0) is 13.7. The predicted octanol–water partition coefficient (Wildman–Crippen LogP) is 1.94. The van der Waals surface area contributed by atoms with Crippen LogP contribution in [0.3, 0.4) is 0 Å². The third-order valence-corrected chi connectivity index (χ3v) is 3.11. The summed E-state index contributed by atoms with van der Waals surface area (Å²) < 4.78 is 6.63. The lowest BCUT2D eigenvalue weighted by molar-refractivity contribution is -0.144. The molecule has 2 rings (SSSR count). The second-order valence-electron chi connectivity index (χ2n) is 4.29. The average Bonchev–Trinajstić information content (AvgIpc) is 2.93. The molecule has 1 atom stereocenters. The minimum absolute atomic E-state index is 0.102. The Morgan fingerprint density at radius 1 is 1.26 bits per heavy atom. The second-order valence-corrected chi connectivity index (χ2v) is 4.29. The fourth-order valence-corrected chi connectivity index (χ4v) is 2.14. The lowest BCUT2D eigenvalue weighted by Crippen LogP contribution is -2.24. The number of carbonyl (C=O) groups is 1. The molecule has 0 aliphatic rings. The van der Waals surface area contributed by atoms with Gasteiger partial charge < -0.3 is 14.4 Å². The number of carbonyl (C=O) groups excluding carboxylic acids is 1. The van der Waals surface area contributed by atoms with E-state index >= 15 is 0 Å². The summed E-state index contributed by atoms with van der Waals surface area (Å²) in [4.78, 5) is 12.0. The smallest absolute Gasteiger partial charge is 0.329 e. The van der Waals surface area contributed by atoms with Crippen LogP contribution in [0.2, 0.25) is 0 Å². The minimum Gasteiger partial charge on any atom is -0.467 e. The van der Waals surface area contributed by atoms with E-state index in [1.807, 2.05) is 36.4 Å². The maximum Gasteiger partial charge on any atom is 0.329 e. The number of rotatable bonds is 5. The van der Waals surface area contributed by atoms with E-state index < -0.39 is 6.04 Å². The van der Waals surface area contributed by atoms with E-state index in [0.29, 0.717) is 12.1 Å². The summed E-state index contributed by atoms with van der Waals surface area (Å²) in [5.41, 5.74) is 1.75. The zero-order valence-corrected chi connectivity index (χ0v) is 10.8. The number of hydrogen-bond acceptors (Lipinski definition) is 3. The van der Waals surface area contributed by atoms with Crippen molar-refractivity contribution in [2.75, 3.05) is 7.11 Å². The summed E-state index contributed by atoms with van der Waals surface area (Å²) >= 11 is 0. The number of aromatic nitrogens is 1. The summed E-state index contributed by atoms with van der Waals surface area (Å²) in [6, 6.07) is 12.9. The van der Waals surface area contributed by atoms with E-state index in [1.54, 1.807) is 16.8 Å². The molecule has 1 aromatic carbocycles. The van der Waals surface area contributed by atoms with Crippen LogP contribution in [0.25, 0.3) is 0 Å². The number of nitrogens with zero attached hydrogens (tertiary/aromatic N) is 1. The lowest BCUT2D eigenvalue weighted by atomic mass is 10.1. The molecule has 0 fully saturated rings. The van der Waals surface area contributed by atoms with E-state index in [2.05, 4.69) is 0 Å². The van der Waals surface area contributed by atoms with Crippen LogP contribution in [0.15, 0.2) is 48.7 Å².